The van der Waals surface area contributed by atoms with Crippen molar-refractivity contribution in [2.24, 2.45) is 5.73 Å². The van der Waals surface area contributed by atoms with Gasteiger partial charge in [-0.3, -0.25) is 4.21 Å². The van der Waals surface area contributed by atoms with Gasteiger partial charge in [0.2, 0.25) is 0 Å². The first-order valence-corrected chi connectivity index (χ1v) is 6.89. The highest BCUT2D eigenvalue weighted by molar-refractivity contribution is 7.85. The maximum absolute atomic E-state index is 11.4. The van der Waals surface area contributed by atoms with Crippen LogP contribution in [0.2, 0.25) is 0 Å². The molecule has 0 saturated heterocycles. The highest BCUT2D eigenvalue weighted by Crippen LogP contribution is 2.00. The zero-order valence-electron chi connectivity index (χ0n) is 9.59. The predicted octanol–water partition coefficient (Wildman–Crippen LogP) is 1.30. The molecule has 1 aromatic carbocycles. The van der Waals surface area contributed by atoms with Crippen LogP contribution in [0.4, 0.5) is 0 Å². The normalized spacial score (nSPS) is 14.6. The summed E-state index contributed by atoms with van der Waals surface area (Å²) in [6.07, 6.45) is 0. The molecule has 1 rings (SSSR count). The predicted molar refractivity (Wildman–Crippen MR) is 67.6 cm³/mol. The fraction of sp³-hybridized carbons (Fsp3) is 0.500. The van der Waals surface area contributed by atoms with E-state index in [4.69, 9.17) is 10.5 Å². The molecule has 2 unspecified atom stereocenters. The lowest BCUT2D eigenvalue weighted by Crippen LogP contribution is -2.25. The Morgan fingerprint density at radius 2 is 2.06 bits per heavy atom. The number of hydrogen-bond donors (Lipinski definition) is 1. The zero-order chi connectivity index (χ0) is 11.8. The van der Waals surface area contributed by atoms with Crippen LogP contribution in [0.1, 0.15) is 12.5 Å². The van der Waals surface area contributed by atoms with Crippen LogP contribution >= 0.6 is 0 Å². The van der Waals surface area contributed by atoms with Crippen LogP contribution in [0.5, 0.6) is 0 Å². The van der Waals surface area contributed by atoms with Crippen LogP contribution < -0.4 is 5.73 Å². The molecule has 4 heteroatoms. The fourth-order valence-electron chi connectivity index (χ4n) is 1.29. The number of benzene rings is 1. The Bertz CT molecular complexity index is 314. The van der Waals surface area contributed by atoms with E-state index in [0.29, 0.717) is 24.7 Å². The molecule has 2 N–H and O–H groups in total. The van der Waals surface area contributed by atoms with Gasteiger partial charge in [-0.25, -0.2) is 0 Å². The van der Waals surface area contributed by atoms with E-state index in [0.717, 1.165) is 5.56 Å². The largest absolute Gasteiger partial charge is 0.376 e. The van der Waals surface area contributed by atoms with E-state index in [1.54, 1.807) is 0 Å². The van der Waals surface area contributed by atoms with Gasteiger partial charge in [-0.05, 0) is 12.5 Å². The monoisotopic (exact) mass is 241 g/mol. The number of rotatable bonds is 7. The topological polar surface area (TPSA) is 52.3 Å². The molecule has 90 valence electrons. The van der Waals surface area contributed by atoms with Gasteiger partial charge in [0.15, 0.2) is 0 Å². The third kappa shape index (κ3) is 6.00. The minimum Gasteiger partial charge on any atom is -0.376 e. The lowest BCUT2D eigenvalue weighted by atomic mass is 10.2. The maximum atomic E-state index is 11.4. The van der Waals surface area contributed by atoms with Gasteiger partial charge in [0.25, 0.3) is 0 Å². The summed E-state index contributed by atoms with van der Waals surface area (Å²) < 4.78 is 16.9. The minimum absolute atomic E-state index is 0.00467. The third-order valence-corrected chi connectivity index (χ3v) is 3.54. The molecule has 0 heterocycles. The van der Waals surface area contributed by atoms with Gasteiger partial charge in [-0.1, -0.05) is 30.3 Å². The molecule has 0 saturated carbocycles. The Morgan fingerprint density at radius 1 is 1.38 bits per heavy atom. The summed E-state index contributed by atoms with van der Waals surface area (Å²) in [6, 6.07) is 9.95. The number of nitrogens with two attached hydrogens (primary N) is 1. The number of hydrogen-bond acceptors (Lipinski definition) is 3. The zero-order valence-corrected chi connectivity index (χ0v) is 10.4. The number of ether oxygens (including phenoxy) is 1. The second-order valence-electron chi connectivity index (χ2n) is 3.83. The molecule has 0 aliphatic heterocycles. The molecular formula is C12H19NO2S. The molecule has 0 fully saturated rings. The molecule has 0 bridgehead atoms. The van der Waals surface area contributed by atoms with Crippen molar-refractivity contribution >= 4 is 10.8 Å². The smallest absolute Gasteiger partial charge is 0.0717 e. The Balaban J connectivity index is 2.10. The Labute approximate surface area is 99.4 Å². The molecule has 0 aliphatic carbocycles. The summed E-state index contributed by atoms with van der Waals surface area (Å²) in [6.45, 7) is 2.97. The lowest BCUT2D eigenvalue weighted by molar-refractivity contribution is 0.136. The summed E-state index contributed by atoms with van der Waals surface area (Å²) in [7, 11) is -0.858. The van der Waals surface area contributed by atoms with Crippen LogP contribution in [0.15, 0.2) is 30.3 Å². The van der Waals surface area contributed by atoms with Crippen LogP contribution in [0, 0.1) is 0 Å². The second-order valence-corrected chi connectivity index (χ2v) is 5.45. The van der Waals surface area contributed by atoms with Gasteiger partial charge in [0, 0.05) is 28.3 Å². The van der Waals surface area contributed by atoms with E-state index in [-0.39, 0.29) is 6.04 Å². The van der Waals surface area contributed by atoms with E-state index in [2.05, 4.69) is 0 Å². The first-order valence-electron chi connectivity index (χ1n) is 5.40. The first kappa shape index (κ1) is 13.4. The van der Waals surface area contributed by atoms with Crippen molar-refractivity contribution in [1.29, 1.82) is 0 Å². The first-order chi connectivity index (χ1) is 7.68. The Morgan fingerprint density at radius 3 is 2.69 bits per heavy atom. The van der Waals surface area contributed by atoms with Gasteiger partial charge < -0.3 is 10.5 Å². The van der Waals surface area contributed by atoms with Crippen molar-refractivity contribution in [3.8, 4) is 0 Å². The summed E-state index contributed by atoms with van der Waals surface area (Å²) in [5, 5.41) is 0. The van der Waals surface area contributed by atoms with Crippen molar-refractivity contribution < 1.29 is 8.95 Å². The fourth-order valence-corrected chi connectivity index (χ4v) is 2.35. The van der Waals surface area contributed by atoms with Gasteiger partial charge >= 0.3 is 0 Å². The summed E-state index contributed by atoms with van der Waals surface area (Å²) >= 11 is 0. The van der Waals surface area contributed by atoms with Crippen LogP contribution in [-0.2, 0) is 22.1 Å². The second kappa shape index (κ2) is 7.54. The van der Waals surface area contributed by atoms with Gasteiger partial charge in [0.05, 0.1) is 13.2 Å². The molecular weight excluding hydrogens is 222 g/mol. The molecule has 0 radical (unpaired) electrons. The molecule has 0 aliphatic rings. The van der Waals surface area contributed by atoms with Crippen molar-refractivity contribution in [2.75, 3.05) is 18.1 Å². The molecule has 0 spiro atoms. The van der Waals surface area contributed by atoms with E-state index in [1.807, 2.05) is 37.3 Å². The van der Waals surface area contributed by atoms with Gasteiger partial charge in [-0.2, -0.15) is 0 Å². The van der Waals surface area contributed by atoms with Crippen LogP contribution in [-0.4, -0.2) is 28.4 Å². The standard InChI is InChI=1S/C12H19NO2S/c1-11(13)10-16(14)8-7-15-9-12-5-3-2-4-6-12/h2-6,11H,7-10,13H2,1H3. The maximum Gasteiger partial charge on any atom is 0.0717 e. The highest BCUT2D eigenvalue weighted by atomic mass is 32.2. The third-order valence-electron chi connectivity index (χ3n) is 2.02. The van der Waals surface area contributed by atoms with E-state index in [1.165, 1.54) is 0 Å². The van der Waals surface area contributed by atoms with Crippen molar-refractivity contribution in [3.63, 3.8) is 0 Å². The quantitative estimate of drug-likeness (QED) is 0.732. The van der Waals surface area contributed by atoms with Gasteiger partial charge in [-0.15, -0.1) is 0 Å². The molecule has 16 heavy (non-hydrogen) atoms. The molecule has 2 atom stereocenters. The Kier molecular flexibility index (Phi) is 6.30. The van der Waals surface area contributed by atoms with E-state index < -0.39 is 10.8 Å². The molecule has 0 aromatic heterocycles. The lowest BCUT2D eigenvalue weighted by Gasteiger charge is -2.06. The van der Waals surface area contributed by atoms with E-state index >= 15 is 0 Å². The molecule has 3 nitrogen and oxygen atoms in total. The average molecular weight is 241 g/mol. The molecule has 1 aromatic rings. The van der Waals surface area contributed by atoms with Crippen LogP contribution in [0.3, 0.4) is 0 Å². The van der Waals surface area contributed by atoms with Crippen LogP contribution in [0.25, 0.3) is 0 Å². The van der Waals surface area contributed by atoms with Crippen molar-refractivity contribution in [1.82, 2.24) is 0 Å². The summed E-state index contributed by atoms with van der Waals surface area (Å²) in [5.74, 6) is 1.11. The molecule has 0 amide bonds. The highest BCUT2D eigenvalue weighted by Gasteiger charge is 2.03. The van der Waals surface area contributed by atoms with E-state index in [9.17, 15) is 4.21 Å². The average Bonchev–Trinajstić information content (AvgIpc) is 2.25. The van der Waals surface area contributed by atoms with Crippen molar-refractivity contribution in [3.05, 3.63) is 35.9 Å². The van der Waals surface area contributed by atoms with Crippen molar-refractivity contribution in [2.45, 2.75) is 19.6 Å². The summed E-state index contributed by atoms with van der Waals surface area (Å²) in [5.41, 5.74) is 6.69. The SMILES string of the molecule is CC(N)CS(=O)CCOCc1ccccc1. The van der Waals surface area contributed by atoms with Gasteiger partial charge in [0.1, 0.15) is 0 Å². The Hall–Kier alpha value is -0.710. The summed E-state index contributed by atoms with van der Waals surface area (Å²) in [4.78, 5) is 0. The minimum atomic E-state index is -0.858.